The van der Waals surface area contributed by atoms with Crippen LogP contribution < -0.4 is 10.1 Å². The molecule has 0 bridgehead atoms. The van der Waals surface area contributed by atoms with Gasteiger partial charge in [-0.15, -0.1) is 0 Å². The molecule has 0 radical (unpaired) electrons. The number of aryl methyl sites for hydroxylation is 1. The fourth-order valence-electron chi connectivity index (χ4n) is 1.74. The molecule has 0 heterocycles. The number of likely N-dealkylation sites (N-methyl/N-ethyl adjacent to an activating group) is 1. The Balaban J connectivity index is 2.36. The van der Waals surface area contributed by atoms with E-state index < -0.39 is 0 Å². The third-order valence-corrected chi connectivity index (χ3v) is 2.93. The zero-order chi connectivity index (χ0) is 14.1. The predicted molar refractivity (Wildman–Crippen MR) is 75.4 cm³/mol. The number of rotatable bonds is 8. The smallest absolute Gasteiger partial charge is 0.323 e. The number of nitrogens with one attached hydrogen (secondary N) is 1. The minimum atomic E-state index is -0.310. The Hall–Kier alpha value is -1.55. The minimum absolute atomic E-state index is 0.227. The first kappa shape index (κ1) is 15.5. The number of carbonyl (C=O) groups excluding carboxylic acids is 1. The van der Waals surface area contributed by atoms with E-state index in [0.717, 1.165) is 12.2 Å². The molecule has 0 spiro atoms. The Morgan fingerprint density at radius 2 is 1.95 bits per heavy atom. The molecule has 0 amide bonds. The summed E-state index contributed by atoms with van der Waals surface area (Å²) in [7, 11) is 1.75. The van der Waals surface area contributed by atoms with Crippen LogP contribution >= 0.6 is 0 Å². The van der Waals surface area contributed by atoms with E-state index in [1.807, 2.05) is 12.1 Å². The van der Waals surface area contributed by atoms with Gasteiger partial charge in [-0.3, -0.25) is 4.79 Å². The normalized spacial score (nSPS) is 11.9. The maximum absolute atomic E-state index is 11.6. The molecule has 0 saturated carbocycles. The number of benzene rings is 1. The first-order valence-electron chi connectivity index (χ1n) is 6.76. The van der Waals surface area contributed by atoms with Gasteiger partial charge in [-0.1, -0.05) is 19.1 Å². The van der Waals surface area contributed by atoms with Crippen LogP contribution in [0.4, 0.5) is 0 Å². The molecule has 0 aromatic heterocycles. The molecule has 1 atom stereocenters. The van der Waals surface area contributed by atoms with Gasteiger partial charge >= 0.3 is 5.97 Å². The van der Waals surface area contributed by atoms with Crippen LogP contribution in [0, 0.1) is 0 Å². The number of hydrogen-bond donors (Lipinski definition) is 1. The molecule has 1 rings (SSSR count). The fraction of sp³-hybridized carbons (Fsp3) is 0.533. The molecule has 1 unspecified atom stereocenters. The fourth-order valence-corrected chi connectivity index (χ4v) is 1.74. The van der Waals surface area contributed by atoms with Crippen molar-refractivity contribution < 1.29 is 14.3 Å². The molecule has 0 aliphatic carbocycles. The van der Waals surface area contributed by atoms with Gasteiger partial charge in [0.05, 0.1) is 13.2 Å². The van der Waals surface area contributed by atoms with Gasteiger partial charge in [-0.2, -0.15) is 0 Å². The van der Waals surface area contributed by atoms with Gasteiger partial charge in [-0.25, -0.2) is 0 Å². The summed E-state index contributed by atoms with van der Waals surface area (Å²) in [4.78, 5) is 11.6. The average Bonchev–Trinajstić information content (AvgIpc) is 2.44. The Morgan fingerprint density at radius 1 is 1.26 bits per heavy atom. The van der Waals surface area contributed by atoms with E-state index in [4.69, 9.17) is 9.47 Å². The van der Waals surface area contributed by atoms with E-state index >= 15 is 0 Å². The lowest BCUT2D eigenvalue weighted by atomic mass is 10.2. The average molecular weight is 265 g/mol. The lowest BCUT2D eigenvalue weighted by Crippen LogP contribution is -2.36. The first-order valence-corrected chi connectivity index (χ1v) is 6.76. The van der Waals surface area contributed by atoms with Crippen LogP contribution in [0.2, 0.25) is 0 Å². The van der Waals surface area contributed by atoms with Crippen LogP contribution in [0.25, 0.3) is 0 Å². The zero-order valence-electron chi connectivity index (χ0n) is 11.9. The summed E-state index contributed by atoms with van der Waals surface area (Å²) in [5.74, 6) is 0.603. The van der Waals surface area contributed by atoms with Gasteiger partial charge in [0.15, 0.2) is 0 Å². The van der Waals surface area contributed by atoms with Crippen molar-refractivity contribution in [1.29, 1.82) is 0 Å². The molecule has 1 aromatic carbocycles. The van der Waals surface area contributed by atoms with Crippen molar-refractivity contribution in [3.63, 3.8) is 0 Å². The van der Waals surface area contributed by atoms with Crippen LogP contribution in [-0.2, 0) is 16.0 Å². The van der Waals surface area contributed by atoms with Crippen molar-refractivity contribution in [2.45, 2.75) is 32.7 Å². The van der Waals surface area contributed by atoms with Crippen molar-refractivity contribution in [2.75, 3.05) is 20.3 Å². The molecular weight excluding hydrogens is 242 g/mol. The van der Waals surface area contributed by atoms with E-state index in [1.165, 1.54) is 5.56 Å². The van der Waals surface area contributed by atoms with Crippen LogP contribution in [0.3, 0.4) is 0 Å². The molecule has 106 valence electrons. The largest absolute Gasteiger partial charge is 0.494 e. The summed E-state index contributed by atoms with van der Waals surface area (Å²) >= 11 is 0. The first-order chi connectivity index (χ1) is 9.21. The van der Waals surface area contributed by atoms with Gasteiger partial charge < -0.3 is 14.8 Å². The minimum Gasteiger partial charge on any atom is -0.494 e. The second kappa shape index (κ2) is 8.53. The summed E-state index contributed by atoms with van der Waals surface area (Å²) in [6.45, 7) is 4.80. The molecular formula is C15H23NO3. The maximum Gasteiger partial charge on any atom is 0.323 e. The summed E-state index contributed by atoms with van der Waals surface area (Å²) in [5.41, 5.74) is 1.28. The van der Waals surface area contributed by atoms with Crippen molar-refractivity contribution in [2.24, 2.45) is 0 Å². The van der Waals surface area contributed by atoms with Crippen LogP contribution in [0.5, 0.6) is 5.75 Å². The van der Waals surface area contributed by atoms with Gasteiger partial charge in [0, 0.05) is 6.42 Å². The van der Waals surface area contributed by atoms with Crippen molar-refractivity contribution >= 4 is 5.97 Å². The van der Waals surface area contributed by atoms with E-state index in [1.54, 1.807) is 14.0 Å². The number of carbonyl (C=O) groups is 1. The highest BCUT2D eigenvalue weighted by Gasteiger charge is 2.17. The highest BCUT2D eigenvalue weighted by atomic mass is 16.5. The third kappa shape index (κ3) is 5.30. The molecule has 0 fully saturated rings. The molecule has 1 N–H and O–H groups in total. The van der Waals surface area contributed by atoms with Gasteiger partial charge in [0.1, 0.15) is 11.8 Å². The standard InChI is InChI=1S/C15H23NO3/c1-4-12-6-8-13(9-7-12)19-11-10-14(16-3)15(17)18-5-2/h6-9,14,16H,4-5,10-11H2,1-3H3. The molecule has 19 heavy (non-hydrogen) atoms. The lowest BCUT2D eigenvalue weighted by Gasteiger charge is -2.15. The molecule has 4 heteroatoms. The topological polar surface area (TPSA) is 47.6 Å². The molecule has 0 aliphatic heterocycles. The quantitative estimate of drug-likeness (QED) is 0.732. The van der Waals surface area contributed by atoms with E-state index in [9.17, 15) is 4.79 Å². The Morgan fingerprint density at radius 3 is 2.47 bits per heavy atom. The number of esters is 1. The maximum atomic E-state index is 11.6. The summed E-state index contributed by atoms with van der Waals surface area (Å²) in [6.07, 6.45) is 1.61. The Kier molecular flexibility index (Phi) is 6.97. The second-order valence-electron chi connectivity index (χ2n) is 4.23. The summed E-state index contributed by atoms with van der Waals surface area (Å²) in [6, 6.07) is 7.71. The van der Waals surface area contributed by atoms with Crippen molar-refractivity contribution in [1.82, 2.24) is 5.32 Å². The molecule has 1 aromatic rings. The number of hydrogen-bond acceptors (Lipinski definition) is 4. The molecule has 0 saturated heterocycles. The SMILES string of the molecule is CCOC(=O)C(CCOc1ccc(CC)cc1)NC. The van der Waals surface area contributed by atoms with E-state index in [-0.39, 0.29) is 12.0 Å². The summed E-state index contributed by atoms with van der Waals surface area (Å²) < 4.78 is 10.6. The van der Waals surface area contributed by atoms with Crippen molar-refractivity contribution in [3.05, 3.63) is 29.8 Å². The lowest BCUT2D eigenvalue weighted by molar-refractivity contribution is -0.145. The third-order valence-electron chi connectivity index (χ3n) is 2.93. The highest BCUT2D eigenvalue weighted by Crippen LogP contribution is 2.13. The second-order valence-corrected chi connectivity index (χ2v) is 4.23. The zero-order valence-corrected chi connectivity index (χ0v) is 11.9. The van der Waals surface area contributed by atoms with E-state index in [2.05, 4.69) is 24.4 Å². The monoisotopic (exact) mass is 265 g/mol. The van der Waals surface area contributed by atoms with Crippen LogP contribution in [0.1, 0.15) is 25.8 Å². The Bertz CT molecular complexity index is 375. The van der Waals surface area contributed by atoms with Gasteiger partial charge in [0.25, 0.3) is 0 Å². The Labute approximate surface area is 115 Å². The molecule has 0 aliphatic rings. The van der Waals surface area contributed by atoms with E-state index in [0.29, 0.717) is 19.6 Å². The van der Waals surface area contributed by atoms with Crippen LogP contribution in [-0.4, -0.2) is 32.3 Å². The number of ether oxygens (including phenoxy) is 2. The van der Waals surface area contributed by atoms with Gasteiger partial charge in [0.2, 0.25) is 0 Å². The van der Waals surface area contributed by atoms with Crippen molar-refractivity contribution in [3.8, 4) is 5.75 Å². The predicted octanol–water partition coefficient (Wildman–Crippen LogP) is 2.17. The highest BCUT2D eigenvalue weighted by molar-refractivity contribution is 5.75. The molecule has 4 nitrogen and oxygen atoms in total. The summed E-state index contributed by atoms with van der Waals surface area (Å²) in [5, 5.41) is 2.94. The van der Waals surface area contributed by atoms with Crippen LogP contribution in [0.15, 0.2) is 24.3 Å². The van der Waals surface area contributed by atoms with Gasteiger partial charge in [-0.05, 0) is 38.1 Å².